The molecule has 0 saturated carbocycles. The topological polar surface area (TPSA) is 93.2 Å². The molecule has 1 aromatic rings. The molecule has 2 rings (SSSR count). The van der Waals surface area contributed by atoms with Crippen LogP contribution in [0.4, 0.5) is 0 Å². The van der Waals surface area contributed by atoms with Gasteiger partial charge in [0.25, 0.3) is 0 Å². The van der Waals surface area contributed by atoms with Crippen LogP contribution in [0.1, 0.15) is 26.7 Å². The van der Waals surface area contributed by atoms with Gasteiger partial charge in [0, 0.05) is 20.1 Å². The third-order valence-electron chi connectivity index (χ3n) is 4.67. The zero-order chi connectivity index (χ0) is 20.7. The van der Waals surface area contributed by atoms with Crippen molar-refractivity contribution in [1.82, 2.24) is 9.21 Å². The molecule has 0 N–H and O–H groups in total. The van der Waals surface area contributed by atoms with E-state index < -0.39 is 10.0 Å². The molecule has 0 radical (unpaired) electrons. The first-order chi connectivity index (χ1) is 13.3. The van der Waals surface area contributed by atoms with Crippen LogP contribution in [0, 0.1) is 5.92 Å². The van der Waals surface area contributed by atoms with Gasteiger partial charge in [-0.05, 0) is 51.0 Å². The molecule has 0 aliphatic carbocycles. The van der Waals surface area contributed by atoms with Crippen molar-refractivity contribution in [2.45, 2.75) is 31.6 Å². The van der Waals surface area contributed by atoms with Crippen molar-refractivity contribution in [3.63, 3.8) is 0 Å². The van der Waals surface area contributed by atoms with Gasteiger partial charge < -0.3 is 14.4 Å². The Kier molecular flexibility index (Phi) is 7.82. The van der Waals surface area contributed by atoms with Crippen molar-refractivity contribution in [3.05, 3.63) is 24.3 Å². The summed E-state index contributed by atoms with van der Waals surface area (Å²) in [7, 11) is -2.40. The monoisotopic (exact) mass is 412 g/mol. The third-order valence-corrected chi connectivity index (χ3v) is 6.49. The third kappa shape index (κ3) is 5.45. The summed E-state index contributed by atoms with van der Waals surface area (Å²) in [5.74, 6) is -0.122. The van der Waals surface area contributed by atoms with E-state index in [2.05, 4.69) is 0 Å². The Balaban J connectivity index is 1.93. The molecule has 28 heavy (non-hydrogen) atoms. The minimum Gasteiger partial charge on any atom is -0.494 e. The fourth-order valence-electron chi connectivity index (χ4n) is 3.05. The standard InChI is InChI=1S/C19H28N2O6S/c1-4-26-16-6-8-17(9-7-16)28(24,25)20(3)14-18(22)21-12-10-15(11-13-21)19(23)27-5-2/h6-9,15H,4-5,10-14H2,1-3H3. The molecule has 1 aliphatic heterocycles. The quantitative estimate of drug-likeness (QED) is 0.601. The number of nitrogens with zero attached hydrogens (tertiary/aromatic N) is 2. The highest BCUT2D eigenvalue weighted by molar-refractivity contribution is 7.89. The van der Waals surface area contributed by atoms with E-state index in [1.807, 2.05) is 6.92 Å². The lowest BCUT2D eigenvalue weighted by Crippen LogP contribution is -2.45. The van der Waals surface area contributed by atoms with Gasteiger partial charge in [-0.1, -0.05) is 0 Å². The van der Waals surface area contributed by atoms with E-state index in [-0.39, 0.29) is 29.2 Å². The average Bonchev–Trinajstić information content (AvgIpc) is 2.69. The fourth-order valence-corrected chi connectivity index (χ4v) is 4.17. The lowest BCUT2D eigenvalue weighted by molar-refractivity contribution is -0.151. The van der Waals surface area contributed by atoms with Gasteiger partial charge >= 0.3 is 5.97 Å². The molecule has 0 atom stereocenters. The Hall–Kier alpha value is -2.13. The average molecular weight is 413 g/mol. The number of ether oxygens (including phenoxy) is 2. The largest absolute Gasteiger partial charge is 0.494 e. The molecule has 0 bridgehead atoms. The summed E-state index contributed by atoms with van der Waals surface area (Å²) < 4.78 is 36.8. The fraction of sp³-hybridized carbons (Fsp3) is 0.579. The van der Waals surface area contributed by atoms with Crippen molar-refractivity contribution in [2.24, 2.45) is 5.92 Å². The second-order valence-electron chi connectivity index (χ2n) is 6.57. The lowest BCUT2D eigenvalue weighted by atomic mass is 9.97. The highest BCUT2D eigenvalue weighted by Gasteiger charge is 2.30. The molecule has 1 heterocycles. The normalized spacial score (nSPS) is 15.5. The SMILES string of the molecule is CCOC(=O)C1CCN(C(=O)CN(C)S(=O)(=O)c2ccc(OCC)cc2)CC1. The Bertz CT molecular complexity index is 770. The summed E-state index contributed by atoms with van der Waals surface area (Å²) in [6, 6.07) is 6.11. The number of hydrogen-bond donors (Lipinski definition) is 0. The highest BCUT2D eigenvalue weighted by Crippen LogP contribution is 2.21. The Morgan fingerprint density at radius 2 is 1.71 bits per heavy atom. The van der Waals surface area contributed by atoms with E-state index in [1.54, 1.807) is 24.0 Å². The zero-order valence-corrected chi connectivity index (χ0v) is 17.4. The van der Waals surface area contributed by atoms with Crippen LogP contribution in [0.25, 0.3) is 0 Å². The van der Waals surface area contributed by atoms with Gasteiger partial charge in [0.05, 0.1) is 30.6 Å². The number of carbonyl (C=O) groups excluding carboxylic acids is 2. The lowest BCUT2D eigenvalue weighted by Gasteiger charge is -2.32. The van der Waals surface area contributed by atoms with E-state index in [4.69, 9.17) is 9.47 Å². The van der Waals surface area contributed by atoms with Gasteiger partial charge in [-0.25, -0.2) is 8.42 Å². The molecular formula is C19H28N2O6S. The Labute approximate surface area is 166 Å². The predicted molar refractivity (Wildman–Crippen MR) is 103 cm³/mol. The molecular weight excluding hydrogens is 384 g/mol. The maximum atomic E-state index is 12.7. The Morgan fingerprint density at radius 1 is 1.11 bits per heavy atom. The molecule has 0 spiro atoms. The summed E-state index contributed by atoms with van der Waals surface area (Å²) in [4.78, 5) is 26.0. The van der Waals surface area contributed by atoms with Crippen LogP contribution in [0.2, 0.25) is 0 Å². The number of carbonyl (C=O) groups is 2. The molecule has 1 aliphatic rings. The number of hydrogen-bond acceptors (Lipinski definition) is 6. The Morgan fingerprint density at radius 3 is 2.25 bits per heavy atom. The number of likely N-dealkylation sites (tertiary alicyclic amines) is 1. The van der Waals surface area contributed by atoms with Crippen LogP contribution in [0.5, 0.6) is 5.75 Å². The van der Waals surface area contributed by atoms with Crippen molar-refractivity contribution < 1.29 is 27.5 Å². The van der Waals surface area contributed by atoms with Crippen LogP contribution in [0.15, 0.2) is 29.2 Å². The van der Waals surface area contributed by atoms with Crippen LogP contribution in [-0.4, -0.2) is 69.4 Å². The van der Waals surface area contributed by atoms with Crippen LogP contribution >= 0.6 is 0 Å². The molecule has 9 heteroatoms. The first kappa shape index (κ1) is 22.2. The van der Waals surface area contributed by atoms with Crippen LogP contribution in [0.3, 0.4) is 0 Å². The minimum absolute atomic E-state index is 0.104. The molecule has 1 saturated heterocycles. The van der Waals surface area contributed by atoms with Gasteiger partial charge in [-0.3, -0.25) is 9.59 Å². The van der Waals surface area contributed by atoms with Gasteiger partial charge in [-0.2, -0.15) is 4.31 Å². The molecule has 0 aromatic heterocycles. The smallest absolute Gasteiger partial charge is 0.309 e. The second-order valence-corrected chi connectivity index (χ2v) is 8.62. The number of likely N-dealkylation sites (N-methyl/N-ethyl adjacent to an activating group) is 1. The van der Waals surface area contributed by atoms with Crippen molar-refractivity contribution in [1.29, 1.82) is 0 Å². The summed E-state index contributed by atoms with van der Waals surface area (Å²) in [5.41, 5.74) is 0. The summed E-state index contributed by atoms with van der Waals surface area (Å²) in [6.07, 6.45) is 1.06. The first-order valence-electron chi connectivity index (χ1n) is 9.43. The molecule has 1 amide bonds. The summed E-state index contributed by atoms with van der Waals surface area (Å²) >= 11 is 0. The number of esters is 1. The van der Waals surface area contributed by atoms with Gasteiger partial charge in [0.15, 0.2) is 0 Å². The van der Waals surface area contributed by atoms with Gasteiger partial charge in [0.2, 0.25) is 15.9 Å². The van der Waals surface area contributed by atoms with Crippen molar-refractivity contribution in [3.8, 4) is 5.75 Å². The van der Waals surface area contributed by atoms with E-state index in [0.717, 1.165) is 4.31 Å². The van der Waals surface area contributed by atoms with Crippen molar-refractivity contribution in [2.75, 3.05) is 39.9 Å². The number of sulfonamides is 1. The highest BCUT2D eigenvalue weighted by atomic mass is 32.2. The number of amides is 1. The van der Waals surface area contributed by atoms with Crippen LogP contribution in [-0.2, 0) is 24.3 Å². The molecule has 8 nitrogen and oxygen atoms in total. The maximum Gasteiger partial charge on any atom is 0.309 e. The van der Waals surface area contributed by atoms with E-state index in [9.17, 15) is 18.0 Å². The first-order valence-corrected chi connectivity index (χ1v) is 10.9. The zero-order valence-electron chi connectivity index (χ0n) is 16.6. The molecule has 1 fully saturated rings. The maximum absolute atomic E-state index is 12.7. The van der Waals surface area contributed by atoms with Crippen molar-refractivity contribution >= 4 is 21.9 Å². The minimum atomic E-state index is -3.78. The van der Waals surface area contributed by atoms with E-state index in [0.29, 0.717) is 44.9 Å². The number of piperidine rings is 1. The second kappa shape index (κ2) is 9.88. The summed E-state index contributed by atoms with van der Waals surface area (Å²) in [6.45, 7) is 5.02. The summed E-state index contributed by atoms with van der Waals surface area (Å²) in [5, 5.41) is 0. The predicted octanol–water partition coefficient (Wildman–Crippen LogP) is 1.51. The van der Waals surface area contributed by atoms with E-state index in [1.165, 1.54) is 19.2 Å². The van der Waals surface area contributed by atoms with E-state index >= 15 is 0 Å². The van der Waals surface area contributed by atoms with Gasteiger partial charge in [0.1, 0.15) is 5.75 Å². The number of rotatable bonds is 8. The molecule has 0 unspecified atom stereocenters. The van der Waals surface area contributed by atoms with Crippen LogP contribution < -0.4 is 4.74 Å². The number of benzene rings is 1. The molecule has 156 valence electrons. The molecule has 1 aromatic carbocycles. The van der Waals surface area contributed by atoms with Gasteiger partial charge in [-0.15, -0.1) is 0 Å².